The van der Waals surface area contributed by atoms with Crippen LogP contribution in [0.5, 0.6) is 0 Å². The highest BCUT2D eigenvalue weighted by Crippen LogP contribution is 2.34. The second-order valence-electron chi connectivity index (χ2n) is 7.26. The Morgan fingerprint density at radius 1 is 0.875 bits per heavy atom. The molecule has 0 unspecified atom stereocenters. The van der Waals surface area contributed by atoms with Gasteiger partial charge in [-0.1, -0.05) is 23.5 Å². The highest BCUT2D eigenvalue weighted by molar-refractivity contribution is 7.22. The van der Waals surface area contributed by atoms with Crippen molar-refractivity contribution in [2.24, 2.45) is 0 Å². The van der Waals surface area contributed by atoms with Crippen LogP contribution in [0.25, 0.3) is 10.2 Å². The molecule has 1 N–H and O–H groups in total. The van der Waals surface area contributed by atoms with Gasteiger partial charge in [0.15, 0.2) is 5.78 Å². The third kappa shape index (κ3) is 3.27. The molecule has 4 aromatic rings. The number of thiazole rings is 1. The van der Waals surface area contributed by atoms with E-state index in [9.17, 15) is 19.2 Å². The number of nitrogens with one attached hydrogen (secondary N) is 1. The number of hydrogen-bond acceptors (Lipinski definition) is 6. The Morgan fingerprint density at radius 2 is 1.50 bits per heavy atom. The molecule has 8 heteroatoms. The first-order valence-electron chi connectivity index (χ1n) is 9.73. The quantitative estimate of drug-likeness (QED) is 0.370. The smallest absolute Gasteiger partial charge is 0.268 e. The van der Waals surface area contributed by atoms with Crippen LogP contribution < -0.4 is 10.2 Å². The van der Waals surface area contributed by atoms with Gasteiger partial charge in [0.05, 0.1) is 21.3 Å². The summed E-state index contributed by atoms with van der Waals surface area (Å²) < 4.78 is 0.677. The molecule has 2 heterocycles. The van der Waals surface area contributed by atoms with Gasteiger partial charge in [-0.15, -0.1) is 0 Å². The molecule has 0 radical (unpaired) electrons. The SMILES string of the molecule is CC(=O)c1ccc(NC(=O)c2ccc3nc(N4C(=O)c5ccccc5C4=O)sc3c2)cc1. The first-order valence-corrected chi connectivity index (χ1v) is 10.5. The van der Waals surface area contributed by atoms with E-state index in [1.807, 2.05) is 0 Å². The third-order valence-electron chi connectivity index (χ3n) is 5.17. The number of carbonyl (C=O) groups excluding carboxylic acids is 4. The first-order chi connectivity index (χ1) is 15.4. The van der Waals surface area contributed by atoms with Crippen LogP contribution in [0.3, 0.4) is 0 Å². The number of nitrogens with zero attached hydrogens (tertiary/aromatic N) is 2. The van der Waals surface area contributed by atoms with Crippen LogP contribution in [0.2, 0.25) is 0 Å². The minimum absolute atomic E-state index is 0.0487. The lowest BCUT2D eigenvalue weighted by Crippen LogP contribution is -2.29. The van der Waals surface area contributed by atoms with Crippen LogP contribution in [0.4, 0.5) is 10.8 Å². The summed E-state index contributed by atoms with van der Waals surface area (Å²) in [6, 6.07) is 18.3. The molecule has 156 valence electrons. The Bertz CT molecular complexity index is 1400. The van der Waals surface area contributed by atoms with Crippen molar-refractivity contribution in [2.45, 2.75) is 6.92 Å². The van der Waals surface area contributed by atoms with E-state index in [1.165, 1.54) is 18.3 Å². The van der Waals surface area contributed by atoms with Crippen LogP contribution in [-0.2, 0) is 0 Å². The number of amides is 3. The maximum absolute atomic E-state index is 12.7. The standard InChI is InChI=1S/C24H15N3O4S/c1-13(28)14-6-9-16(10-7-14)25-21(29)15-8-11-19-20(12-15)32-24(26-19)27-22(30)17-4-2-3-5-18(17)23(27)31/h2-12H,1H3,(H,25,29). The second kappa shape index (κ2) is 7.51. The fraction of sp³-hybridized carbons (Fsp3) is 0.0417. The summed E-state index contributed by atoms with van der Waals surface area (Å²) in [5, 5.41) is 3.06. The zero-order chi connectivity index (χ0) is 22.4. The summed E-state index contributed by atoms with van der Waals surface area (Å²) in [6.45, 7) is 1.48. The lowest BCUT2D eigenvalue weighted by atomic mass is 10.1. The summed E-state index contributed by atoms with van der Waals surface area (Å²) in [7, 11) is 0. The topological polar surface area (TPSA) is 96.4 Å². The average Bonchev–Trinajstić information content (AvgIpc) is 3.32. The van der Waals surface area contributed by atoms with Crippen LogP contribution in [0.1, 0.15) is 48.4 Å². The lowest BCUT2D eigenvalue weighted by Gasteiger charge is -2.08. The van der Waals surface area contributed by atoms with Crippen molar-refractivity contribution < 1.29 is 19.2 Å². The van der Waals surface area contributed by atoms with E-state index in [2.05, 4.69) is 10.3 Å². The number of anilines is 2. The van der Waals surface area contributed by atoms with Gasteiger partial charge in [0.25, 0.3) is 17.7 Å². The molecule has 0 aliphatic carbocycles. The summed E-state index contributed by atoms with van der Waals surface area (Å²) in [4.78, 5) is 55.0. The van der Waals surface area contributed by atoms with Crippen LogP contribution in [0, 0.1) is 0 Å². The molecule has 0 saturated carbocycles. The van der Waals surface area contributed by atoms with E-state index in [0.717, 1.165) is 4.90 Å². The van der Waals surface area contributed by atoms with Crippen molar-refractivity contribution in [1.29, 1.82) is 0 Å². The predicted molar refractivity (Wildman–Crippen MR) is 122 cm³/mol. The Balaban J connectivity index is 1.41. The van der Waals surface area contributed by atoms with Gasteiger partial charge in [-0.25, -0.2) is 9.88 Å². The Morgan fingerprint density at radius 3 is 2.12 bits per heavy atom. The summed E-state index contributed by atoms with van der Waals surface area (Å²) in [5.41, 5.74) is 2.83. The molecule has 3 amide bonds. The van der Waals surface area contributed by atoms with E-state index in [4.69, 9.17) is 0 Å². The number of aromatic nitrogens is 1. The molecule has 7 nitrogen and oxygen atoms in total. The number of hydrogen-bond donors (Lipinski definition) is 1. The third-order valence-corrected chi connectivity index (χ3v) is 6.18. The van der Waals surface area contributed by atoms with Gasteiger partial charge in [-0.3, -0.25) is 19.2 Å². The second-order valence-corrected chi connectivity index (χ2v) is 8.27. The fourth-order valence-corrected chi connectivity index (χ4v) is 4.51. The molecule has 32 heavy (non-hydrogen) atoms. The van der Waals surface area contributed by atoms with Crippen molar-refractivity contribution in [3.8, 4) is 0 Å². The maximum atomic E-state index is 12.7. The van der Waals surface area contributed by atoms with Gasteiger partial charge in [0.1, 0.15) is 0 Å². The lowest BCUT2D eigenvalue weighted by molar-refractivity contribution is 0.0923. The van der Waals surface area contributed by atoms with Crippen molar-refractivity contribution >= 4 is 55.9 Å². The Labute approximate surface area is 186 Å². The molecular formula is C24H15N3O4S. The van der Waals surface area contributed by atoms with Crippen molar-refractivity contribution in [1.82, 2.24) is 4.98 Å². The van der Waals surface area contributed by atoms with Crippen molar-refractivity contribution in [3.05, 3.63) is 89.0 Å². The van der Waals surface area contributed by atoms with Crippen LogP contribution in [0.15, 0.2) is 66.7 Å². The van der Waals surface area contributed by atoms with Crippen molar-refractivity contribution in [3.63, 3.8) is 0 Å². The fourth-order valence-electron chi connectivity index (χ4n) is 3.50. The zero-order valence-corrected chi connectivity index (χ0v) is 17.6. The van der Waals surface area contributed by atoms with Gasteiger partial charge in [0, 0.05) is 16.8 Å². The molecule has 0 saturated heterocycles. The monoisotopic (exact) mass is 441 g/mol. The minimum Gasteiger partial charge on any atom is -0.322 e. The molecule has 1 aliphatic heterocycles. The number of rotatable bonds is 4. The number of benzene rings is 3. The zero-order valence-electron chi connectivity index (χ0n) is 16.8. The van der Waals surface area contributed by atoms with E-state index >= 15 is 0 Å². The summed E-state index contributed by atoms with van der Waals surface area (Å²) in [5.74, 6) is -1.18. The molecule has 1 aliphatic rings. The number of carbonyl (C=O) groups is 4. The highest BCUT2D eigenvalue weighted by Gasteiger charge is 2.38. The van der Waals surface area contributed by atoms with Crippen LogP contribution >= 0.6 is 11.3 Å². The highest BCUT2D eigenvalue weighted by atomic mass is 32.1. The van der Waals surface area contributed by atoms with Crippen molar-refractivity contribution in [2.75, 3.05) is 10.2 Å². The predicted octanol–water partition coefficient (Wildman–Crippen LogP) is 4.55. The number of Topliss-reactive ketones (excluding diaryl/α,β-unsaturated/α-hetero) is 1. The van der Waals surface area contributed by atoms with Gasteiger partial charge >= 0.3 is 0 Å². The molecule has 3 aromatic carbocycles. The maximum Gasteiger partial charge on any atom is 0.268 e. The summed E-state index contributed by atoms with van der Waals surface area (Å²) in [6.07, 6.45) is 0. The van der Waals surface area contributed by atoms with E-state index in [1.54, 1.807) is 66.7 Å². The van der Waals surface area contributed by atoms with E-state index < -0.39 is 11.8 Å². The van der Waals surface area contributed by atoms with Gasteiger partial charge in [-0.05, 0) is 61.5 Å². The molecule has 0 fully saturated rings. The molecule has 0 bridgehead atoms. The summed E-state index contributed by atoms with van der Waals surface area (Å²) >= 11 is 1.17. The van der Waals surface area contributed by atoms with Gasteiger partial charge in [-0.2, -0.15) is 0 Å². The normalized spacial score (nSPS) is 12.8. The van der Waals surface area contributed by atoms with E-state index in [0.29, 0.717) is 38.2 Å². The van der Waals surface area contributed by atoms with E-state index in [-0.39, 0.29) is 16.8 Å². The number of imide groups is 1. The molecule has 0 spiro atoms. The average molecular weight is 441 g/mol. The largest absolute Gasteiger partial charge is 0.322 e. The first kappa shape index (κ1) is 19.8. The molecule has 5 rings (SSSR count). The Hall–Kier alpha value is -4.17. The molecular weight excluding hydrogens is 426 g/mol. The number of ketones is 1. The minimum atomic E-state index is -0.406. The molecule has 0 atom stereocenters. The van der Waals surface area contributed by atoms with Gasteiger partial charge < -0.3 is 5.32 Å². The number of fused-ring (bicyclic) bond motifs is 2. The van der Waals surface area contributed by atoms with Crippen LogP contribution in [-0.4, -0.2) is 28.5 Å². The molecule has 1 aromatic heterocycles. The van der Waals surface area contributed by atoms with Gasteiger partial charge in [0.2, 0.25) is 5.13 Å². The Kier molecular flexibility index (Phi) is 4.64.